The van der Waals surface area contributed by atoms with E-state index in [2.05, 4.69) is 20.6 Å². The van der Waals surface area contributed by atoms with E-state index in [-0.39, 0.29) is 6.54 Å². The fourth-order valence-corrected chi connectivity index (χ4v) is 2.03. The highest BCUT2D eigenvalue weighted by molar-refractivity contribution is 5.88. The van der Waals surface area contributed by atoms with E-state index in [4.69, 9.17) is 0 Å². The van der Waals surface area contributed by atoms with E-state index in [1.807, 2.05) is 32.0 Å². The normalized spacial score (nSPS) is 11.8. The SMILES string of the molecule is Cc1cc(C)cc([C@H](O)CNC(=O)Nc2ccncn2)c1. The Morgan fingerprint density at radius 1 is 1.29 bits per heavy atom. The first-order valence-electron chi connectivity index (χ1n) is 6.62. The molecular weight excluding hydrogens is 268 g/mol. The van der Waals surface area contributed by atoms with Crippen LogP contribution in [0, 0.1) is 13.8 Å². The number of aromatic nitrogens is 2. The van der Waals surface area contributed by atoms with Crippen LogP contribution < -0.4 is 10.6 Å². The molecule has 2 rings (SSSR count). The number of amides is 2. The van der Waals surface area contributed by atoms with Gasteiger partial charge in [-0.1, -0.05) is 29.3 Å². The molecule has 0 spiro atoms. The number of carbonyl (C=O) groups is 1. The van der Waals surface area contributed by atoms with E-state index in [0.29, 0.717) is 5.82 Å². The van der Waals surface area contributed by atoms with Crippen LogP contribution in [0.3, 0.4) is 0 Å². The van der Waals surface area contributed by atoms with Gasteiger partial charge in [-0.05, 0) is 25.5 Å². The maximum atomic E-state index is 11.7. The third-order valence-corrected chi connectivity index (χ3v) is 2.91. The van der Waals surface area contributed by atoms with Crippen molar-refractivity contribution >= 4 is 11.8 Å². The molecule has 0 radical (unpaired) electrons. The zero-order valence-electron chi connectivity index (χ0n) is 12.0. The number of nitrogens with one attached hydrogen (secondary N) is 2. The van der Waals surface area contributed by atoms with Gasteiger partial charge in [-0.25, -0.2) is 14.8 Å². The highest BCUT2D eigenvalue weighted by atomic mass is 16.3. The van der Waals surface area contributed by atoms with Gasteiger partial charge in [-0.15, -0.1) is 0 Å². The average Bonchev–Trinajstić information content (AvgIpc) is 2.45. The predicted molar refractivity (Wildman–Crippen MR) is 79.9 cm³/mol. The van der Waals surface area contributed by atoms with Crippen molar-refractivity contribution in [1.82, 2.24) is 15.3 Å². The van der Waals surface area contributed by atoms with Crippen LogP contribution in [-0.4, -0.2) is 27.7 Å². The Balaban J connectivity index is 1.88. The number of anilines is 1. The molecule has 3 N–H and O–H groups in total. The van der Waals surface area contributed by atoms with Crippen LogP contribution in [0.15, 0.2) is 36.8 Å². The first kappa shape index (κ1) is 14.9. The highest BCUT2D eigenvalue weighted by Crippen LogP contribution is 2.16. The number of aliphatic hydroxyl groups excluding tert-OH is 1. The third-order valence-electron chi connectivity index (χ3n) is 2.91. The number of rotatable bonds is 4. The molecule has 1 heterocycles. The molecule has 21 heavy (non-hydrogen) atoms. The summed E-state index contributed by atoms with van der Waals surface area (Å²) in [5.41, 5.74) is 2.94. The Labute approximate surface area is 123 Å². The maximum absolute atomic E-state index is 11.7. The lowest BCUT2D eigenvalue weighted by molar-refractivity contribution is 0.175. The van der Waals surface area contributed by atoms with Gasteiger partial charge in [0.15, 0.2) is 0 Å². The number of urea groups is 1. The number of hydrogen-bond donors (Lipinski definition) is 3. The molecule has 2 amide bonds. The second-order valence-electron chi connectivity index (χ2n) is 4.87. The van der Waals surface area contributed by atoms with Crippen LogP contribution in [0.2, 0.25) is 0 Å². The summed E-state index contributed by atoms with van der Waals surface area (Å²) >= 11 is 0. The molecule has 1 aromatic carbocycles. The molecular formula is C15H18N4O2. The Morgan fingerprint density at radius 2 is 2.00 bits per heavy atom. The fourth-order valence-electron chi connectivity index (χ4n) is 2.03. The Morgan fingerprint density at radius 3 is 2.62 bits per heavy atom. The first-order chi connectivity index (χ1) is 10.0. The Bertz CT molecular complexity index is 596. The van der Waals surface area contributed by atoms with Crippen LogP contribution in [0.5, 0.6) is 0 Å². The van der Waals surface area contributed by atoms with Crippen molar-refractivity contribution in [3.05, 3.63) is 53.5 Å². The van der Waals surface area contributed by atoms with E-state index in [0.717, 1.165) is 16.7 Å². The third kappa shape index (κ3) is 4.54. The number of aliphatic hydroxyl groups is 1. The summed E-state index contributed by atoms with van der Waals surface area (Å²) in [5, 5.41) is 15.3. The lowest BCUT2D eigenvalue weighted by atomic mass is 10.0. The van der Waals surface area contributed by atoms with E-state index in [9.17, 15) is 9.90 Å². The summed E-state index contributed by atoms with van der Waals surface area (Å²) in [6.45, 7) is 4.07. The topological polar surface area (TPSA) is 87.1 Å². The number of nitrogens with zero attached hydrogens (tertiary/aromatic N) is 2. The fraction of sp³-hybridized carbons (Fsp3) is 0.267. The summed E-state index contributed by atoms with van der Waals surface area (Å²) in [7, 11) is 0. The molecule has 0 aliphatic carbocycles. The highest BCUT2D eigenvalue weighted by Gasteiger charge is 2.10. The molecule has 0 saturated carbocycles. The molecule has 0 fully saturated rings. The zero-order valence-corrected chi connectivity index (χ0v) is 12.0. The van der Waals surface area contributed by atoms with E-state index in [1.54, 1.807) is 6.07 Å². The molecule has 2 aromatic rings. The minimum atomic E-state index is -0.750. The monoisotopic (exact) mass is 286 g/mol. The zero-order chi connectivity index (χ0) is 15.2. The van der Waals surface area contributed by atoms with Gasteiger partial charge < -0.3 is 10.4 Å². The standard InChI is InChI=1S/C15H18N4O2/c1-10-5-11(2)7-12(6-10)13(20)8-17-15(21)19-14-3-4-16-9-18-14/h3-7,9,13,20H,8H2,1-2H3,(H2,16,17,18,19,21)/t13-/m1/s1. The van der Waals surface area contributed by atoms with Gasteiger partial charge in [0.25, 0.3) is 0 Å². The van der Waals surface area contributed by atoms with E-state index >= 15 is 0 Å². The van der Waals surface area contributed by atoms with Gasteiger partial charge >= 0.3 is 6.03 Å². The summed E-state index contributed by atoms with van der Waals surface area (Å²) in [5.74, 6) is 0.406. The summed E-state index contributed by atoms with van der Waals surface area (Å²) in [4.78, 5) is 19.3. The second kappa shape index (κ2) is 6.81. The van der Waals surface area contributed by atoms with Gasteiger partial charge in [-0.2, -0.15) is 0 Å². The number of aryl methyl sites for hydroxylation is 2. The van der Waals surface area contributed by atoms with E-state index in [1.165, 1.54) is 12.5 Å². The summed E-state index contributed by atoms with van der Waals surface area (Å²) < 4.78 is 0. The molecule has 6 heteroatoms. The van der Waals surface area contributed by atoms with Crippen LogP contribution in [-0.2, 0) is 0 Å². The van der Waals surface area contributed by atoms with Crippen molar-refractivity contribution in [3.63, 3.8) is 0 Å². The van der Waals surface area contributed by atoms with Crippen molar-refractivity contribution < 1.29 is 9.90 Å². The van der Waals surface area contributed by atoms with Crippen LogP contribution in [0.25, 0.3) is 0 Å². The largest absolute Gasteiger partial charge is 0.387 e. The molecule has 0 aliphatic heterocycles. The van der Waals surface area contributed by atoms with Crippen molar-refractivity contribution in [1.29, 1.82) is 0 Å². The maximum Gasteiger partial charge on any atom is 0.320 e. The summed E-state index contributed by atoms with van der Waals surface area (Å²) in [6.07, 6.45) is 2.13. The Hall–Kier alpha value is -2.47. The molecule has 0 aliphatic rings. The van der Waals surface area contributed by atoms with Gasteiger partial charge in [0.05, 0.1) is 6.10 Å². The molecule has 110 valence electrons. The van der Waals surface area contributed by atoms with Crippen molar-refractivity contribution in [2.45, 2.75) is 20.0 Å². The molecule has 0 bridgehead atoms. The molecule has 0 saturated heterocycles. The number of benzene rings is 1. The Kier molecular flexibility index (Phi) is 4.84. The molecule has 1 atom stereocenters. The minimum Gasteiger partial charge on any atom is -0.387 e. The first-order valence-corrected chi connectivity index (χ1v) is 6.62. The van der Waals surface area contributed by atoms with Crippen LogP contribution >= 0.6 is 0 Å². The molecule has 1 aromatic heterocycles. The van der Waals surface area contributed by atoms with Crippen molar-refractivity contribution in [3.8, 4) is 0 Å². The second-order valence-corrected chi connectivity index (χ2v) is 4.87. The van der Waals surface area contributed by atoms with Crippen molar-refractivity contribution in [2.75, 3.05) is 11.9 Å². The van der Waals surface area contributed by atoms with Crippen molar-refractivity contribution in [2.24, 2.45) is 0 Å². The van der Waals surface area contributed by atoms with Gasteiger partial charge in [0, 0.05) is 12.7 Å². The lowest BCUT2D eigenvalue weighted by Crippen LogP contribution is -2.32. The lowest BCUT2D eigenvalue weighted by Gasteiger charge is -2.14. The minimum absolute atomic E-state index is 0.125. The quantitative estimate of drug-likeness (QED) is 0.801. The van der Waals surface area contributed by atoms with Gasteiger partial charge in [0.2, 0.25) is 0 Å². The van der Waals surface area contributed by atoms with E-state index < -0.39 is 12.1 Å². The predicted octanol–water partition coefficient (Wildman–Crippen LogP) is 1.95. The number of hydrogen-bond acceptors (Lipinski definition) is 4. The van der Waals surface area contributed by atoms with Gasteiger partial charge in [0.1, 0.15) is 12.1 Å². The van der Waals surface area contributed by atoms with Gasteiger partial charge in [-0.3, -0.25) is 5.32 Å². The molecule has 0 unspecified atom stereocenters. The average molecular weight is 286 g/mol. The smallest absolute Gasteiger partial charge is 0.320 e. The van der Waals surface area contributed by atoms with Crippen LogP contribution in [0.4, 0.5) is 10.6 Å². The van der Waals surface area contributed by atoms with Crippen LogP contribution in [0.1, 0.15) is 22.8 Å². The number of carbonyl (C=O) groups excluding carboxylic acids is 1. The molecule has 6 nitrogen and oxygen atoms in total. The summed E-state index contributed by atoms with van der Waals surface area (Å²) in [6, 6.07) is 7.01.